The Kier molecular flexibility index (Phi) is 8.85. The zero-order valence-corrected chi connectivity index (χ0v) is 28.0. The van der Waals surface area contributed by atoms with Gasteiger partial charge in [0.1, 0.15) is 17.3 Å². The Bertz CT molecular complexity index is 1490. The molecule has 0 unspecified atom stereocenters. The summed E-state index contributed by atoms with van der Waals surface area (Å²) in [5.41, 5.74) is 0.727. The highest BCUT2D eigenvalue weighted by molar-refractivity contribution is 6.02. The minimum Gasteiger partial charge on any atom is -0.444 e. The number of carbonyl (C=O) groups is 4. The van der Waals surface area contributed by atoms with Crippen LogP contribution in [0, 0.1) is 23.7 Å². The van der Waals surface area contributed by atoms with Crippen LogP contribution in [0.15, 0.2) is 24.3 Å². The molecule has 2 aliphatic heterocycles. The number of anilines is 1. The van der Waals surface area contributed by atoms with Crippen molar-refractivity contribution in [1.82, 2.24) is 14.8 Å². The lowest BCUT2D eigenvalue weighted by molar-refractivity contribution is -0.142. The normalized spacial score (nSPS) is 26.5. The molecule has 6 rings (SSSR count). The molecular weight excluding hydrogens is 584 g/mol. The fraction of sp³-hybridized carbons (Fsp3) is 0.667. The van der Waals surface area contributed by atoms with E-state index in [2.05, 4.69) is 10.6 Å². The molecule has 250 valence electrons. The Balaban J connectivity index is 1.14. The van der Waals surface area contributed by atoms with Gasteiger partial charge in [-0.15, -0.1) is 0 Å². The SMILES string of the molecule is CC(C)(C)OC(=O)NC[C@H]1CC[C@H](C(=O)N2CC[C@@H](C3CCCCC3)[C@H]2C(=O)Nc2ccc3c(c2)cc2n3C(C)(C)OC2=O)CC1. The summed E-state index contributed by atoms with van der Waals surface area (Å²) in [6, 6.07) is 7.02. The van der Waals surface area contributed by atoms with E-state index in [-0.39, 0.29) is 29.6 Å². The Hall–Kier alpha value is -3.56. The van der Waals surface area contributed by atoms with Gasteiger partial charge in [-0.2, -0.15) is 0 Å². The smallest absolute Gasteiger partial charge is 0.407 e. The molecule has 46 heavy (non-hydrogen) atoms. The summed E-state index contributed by atoms with van der Waals surface area (Å²) in [6.45, 7) is 10.4. The van der Waals surface area contributed by atoms with Crippen LogP contribution in [0.25, 0.3) is 10.9 Å². The van der Waals surface area contributed by atoms with Crippen LogP contribution in [0.4, 0.5) is 10.5 Å². The highest BCUT2D eigenvalue weighted by Gasteiger charge is 2.47. The molecule has 2 N–H and O–H groups in total. The number of likely N-dealkylation sites (tertiary alicyclic amines) is 1. The first-order valence-corrected chi connectivity index (χ1v) is 17.3. The minimum absolute atomic E-state index is 0.0945. The van der Waals surface area contributed by atoms with E-state index < -0.39 is 23.5 Å². The van der Waals surface area contributed by atoms with Crippen molar-refractivity contribution in [3.63, 3.8) is 0 Å². The second kappa shape index (κ2) is 12.6. The quantitative estimate of drug-likeness (QED) is 0.347. The number of alkyl carbamates (subject to hydrolysis) is 1. The van der Waals surface area contributed by atoms with Gasteiger partial charge in [0.05, 0.1) is 5.52 Å². The van der Waals surface area contributed by atoms with E-state index in [4.69, 9.17) is 9.47 Å². The van der Waals surface area contributed by atoms with E-state index in [1.54, 1.807) is 0 Å². The summed E-state index contributed by atoms with van der Waals surface area (Å²) in [6.07, 6.45) is 9.49. The molecule has 2 aromatic rings. The van der Waals surface area contributed by atoms with Gasteiger partial charge in [0, 0.05) is 30.1 Å². The monoisotopic (exact) mass is 634 g/mol. The summed E-state index contributed by atoms with van der Waals surface area (Å²) >= 11 is 0. The lowest BCUT2D eigenvalue weighted by atomic mass is 9.76. The fourth-order valence-electron chi connectivity index (χ4n) is 8.41. The van der Waals surface area contributed by atoms with Crippen molar-refractivity contribution in [2.24, 2.45) is 23.7 Å². The number of carbonyl (C=O) groups excluding carboxylic acids is 4. The van der Waals surface area contributed by atoms with E-state index in [0.717, 1.165) is 55.8 Å². The van der Waals surface area contributed by atoms with Crippen molar-refractivity contribution in [2.75, 3.05) is 18.4 Å². The molecule has 3 heterocycles. The first kappa shape index (κ1) is 32.4. The highest BCUT2D eigenvalue weighted by atomic mass is 16.6. The van der Waals surface area contributed by atoms with Crippen molar-refractivity contribution in [3.8, 4) is 0 Å². The molecule has 10 heteroatoms. The lowest BCUT2D eigenvalue weighted by Gasteiger charge is -2.36. The van der Waals surface area contributed by atoms with E-state index in [1.165, 1.54) is 19.3 Å². The van der Waals surface area contributed by atoms with Gasteiger partial charge in [-0.1, -0.05) is 32.1 Å². The van der Waals surface area contributed by atoms with E-state index in [9.17, 15) is 19.2 Å². The number of rotatable bonds is 6. The third kappa shape index (κ3) is 6.63. The van der Waals surface area contributed by atoms with Gasteiger partial charge in [-0.25, -0.2) is 9.59 Å². The summed E-state index contributed by atoms with van der Waals surface area (Å²) in [7, 11) is 0. The minimum atomic E-state index is -0.773. The van der Waals surface area contributed by atoms with Crippen molar-refractivity contribution in [2.45, 2.75) is 116 Å². The number of esters is 1. The lowest BCUT2D eigenvalue weighted by Crippen LogP contribution is -2.49. The predicted molar refractivity (Wildman–Crippen MR) is 175 cm³/mol. The van der Waals surface area contributed by atoms with Gasteiger partial charge in [0.15, 0.2) is 5.72 Å². The maximum absolute atomic E-state index is 14.2. The number of ether oxygens (including phenoxy) is 2. The molecule has 1 aromatic heterocycles. The molecule has 10 nitrogen and oxygen atoms in total. The number of nitrogens with zero attached hydrogens (tertiary/aromatic N) is 2. The number of aromatic nitrogens is 1. The first-order chi connectivity index (χ1) is 21.8. The standard InChI is InChI=1S/C36H50N4O6/c1-35(2,3)46-34(44)37-21-22-11-13-24(14-12-22)32(42)39-18-17-27(23-9-7-6-8-10-23)30(39)31(41)38-26-15-16-28-25(19-26)20-29-33(43)45-36(4,5)40(28)29/h15-16,19-20,22-24,27,30H,6-14,17-18,21H2,1-5H3,(H,37,44)(H,38,41)/t22-,24-,27-,30-/m0/s1. The van der Waals surface area contributed by atoms with Gasteiger partial charge >= 0.3 is 12.1 Å². The number of benzene rings is 1. The van der Waals surface area contributed by atoms with Gasteiger partial charge in [0.25, 0.3) is 0 Å². The molecular formula is C36H50N4O6. The van der Waals surface area contributed by atoms with Crippen molar-refractivity contribution in [3.05, 3.63) is 30.0 Å². The van der Waals surface area contributed by atoms with Crippen LogP contribution in [0.3, 0.4) is 0 Å². The number of hydrogen-bond acceptors (Lipinski definition) is 6. The zero-order chi connectivity index (χ0) is 32.8. The number of nitrogens with one attached hydrogen (secondary N) is 2. The average Bonchev–Trinajstić information content (AvgIpc) is 3.68. The van der Waals surface area contributed by atoms with E-state index >= 15 is 0 Å². The summed E-state index contributed by atoms with van der Waals surface area (Å²) in [5, 5.41) is 6.92. The van der Waals surface area contributed by atoms with Crippen LogP contribution >= 0.6 is 0 Å². The highest BCUT2D eigenvalue weighted by Crippen LogP contribution is 2.42. The molecule has 2 atom stereocenters. The number of cyclic esters (lactones) is 1. The Morgan fingerprint density at radius 2 is 1.70 bits per heavy atom. The zero-order valence-electron chi connectivity index (χ0n) is 28.0. The van der Waals surface area contributed by atoms with Crippen LogP contribution in [-0.4, -0.2) is 58.1 Å². The molecule has 0 radical (unpaired) electrons. The van der Waals surface area contributed by atoms with E-state index in [0.29, 0.717) is 36.3 Å². The van der Waals surface area contributed by atoms with Crippen LogP contribution in [-0.2, 0) is 24.8 Å². The summed E-state index contributed by atoms with van der Waals surface area (Å²) < 4.78 is 12.8. The predicted octanol–water partition coefficient (Wildman–Crippen LogP) is 6.57. The van der Waals surface area contributed by atoms with Gasteiger partial charge in [-0.05, 0) is 109 Å². The molecule has 4 aliphatic rings. The Morgan fingerprint density at radius 3 is 2.39 bits per heavy atom. The average molecular weight is 635 g/mol. The fourth-order valence-corrected chi connectivity index (χ4v) is 8.41. The molecule has 0 bridgehead atoms. The maximum atomic E-state index is 14.2. The molecule has 2 aliphatic carbocycles. The molecule has 3 fully saturated rings. The van der Waals surface area contributed by atoms with Crippen molar-refractivity contribution < 1.29 is 28.7 Å². The molecule has 1 saturated heterocycles. The van der Waals surface area contributed by atoms with Crippen LogP contribution in [0.5, 0.6) is 0 Å². The Morgan fingerprint density at radius 1 is 0.978 bits per heavy atom. The second-order valence-electron chi connectivity index (χ2n) is 15.4. The molecule has 0 spiro atoms. The van der Waals surface area contributed by atoms with Crippen LogP contribution < -0.4 is 10.6 Å². The van der Waals surface area contributed by atoms with Gasteiger partial charge < -0.3 is 25.0 Å². The Labute approximate surface area is 271 Å². The maximum Gasteiger partial charge on any atom is 0.407 e. The summed E-state index contributed by atoms with van der Waals surface area (Å²) in [5.74, 6) is 0.414. The molecule has 2 saturated carbocycles. The van der Waals surface area contributed by atoms with E-state index in [1.807, 2.05) is 68.4 Å². The number of hydrogen-bond donors (Lipinski definition) is 2. The molecule has 3 amide bonds. The summed E-state index contributed by atoms with van der Waals surface area (Å²) in [4.78, 5) is 54.7. The number of fused-ring (bicyclic) bond motifs is 3. The molecule has 1 aromatic carbocycles. The first-order valence-electron chi connectivity index (χ1n) is 17.3. The van der Waals surface area contributed by atoms with Gasteiger partial charge in [-0.3, -0.25) is 14.2 Å². The van der Waals surface area contributed by atoms with Crippen molar-refractivity contribution >= 4 is 40.5 Å². The van der Waals surface area contributed by atoms with Crippen LogP contribution in [0.1, 0.15) is 109 Å². The van der Waals surface area contributed by atoms with Crippen molar-refractivity contribution in [1.29, 1.82) is 0 Å². The topological polar surface area (TPSA) is 119 Å². The second-order valence-corrected chi connectivity index (χ2v) is 15.4. The van der Waals surface area contributed by atoms with Crippen LogP contribution in [0.2, 0.25) is 0 Å². The van der Waals surface area contributed by atoms with Gasteiger partial charge in [0.2, 0.25) is 11.8 Å². The largest absolute Gasteiger partial charge is 0.444 e. The third-order valence-corrected chi connectivity index (χ3v) is 10.5. The third-order valence-electron chi connectivity index (χ3n) is 10.5. The number of amides is 3.